The molecule has 4 heterocycles. The Morgan fingerprint density at radius 2 is 1.62 bits per heavy atom. The zero-order chi connectivity index (χ0) is 32.2. The van der Waals surface area contributed by atoms with Crippen LogP contribution in [0, 0.1) is 11.8 Å². The average Bonchev–Trinajstić information content (AvgIpc) is 3.54. The molecule has 0 aromatic carbocycles. The van der Waals surface area contributed by atoms with Gasteiger partial charge in [0, 0.05) is 37.9 Å². The lowest BCUT2D eigenvalue weighted by molar-refractivity contribution is -0.154. The van der Waals surface area contributed by atoms with Gasteiger partial charge in [-0.2, -0.15) is 0 Å². The van der Waals surface area contributed by atoms with Crippen LogP contribution in [0.2, 0.25) is 0 Å². The molecule has 0 spiro atoms. The van der Waals surface area contributed by atoms with Gasteiger partial charge in [-0.25, -0.2) is 4.79 Å². The summed E-state index contributed by atoms with van der Waals surface area (Å²) >= 11 is 0. The van der Waals surface area contributed by atoms with Crippen molar-refractivity contribution >= 4 is 17.8 Å². The molecule has 0 aromatic heterocycles. The summed E-state index contributed by atoms with van der Waals surface area (Å²) in [5.74, 6) is -0.250. The van der Waals surface area contributed by atoms with Gasteiger partial charge in [0.15, 0.2) is 0 Å². The summed E-state index contributed by atoms with van der Waals surface area (Å²) in [6.45, 7) is 7.97. The van der Waals surface area contributed by atoms with Crippen molar-refractivity contribution in [2.24, 2.45) is 11.8 Å². The number of amides is 1. The number of ether oxygens (including phenoxy) is 4. The number of carbonyl (C=O) groups is 3. The van der Waals surface area contributed by atoms with Crippen LogP contribution in [0.25, 0.3) is 0 Å². The van der Waals surface area contributed by atoms with Crippen molar-refractivity contribution in [1.29, 1.82) is 0 Å². The van der Waals surface area contributed by atoms with E-state index in [0.29, 0.717) is 25.2 Å². The number of likely N-dealkylation sites (tertiary alicyclic amines) is 1. The standard InChI is InChI=1S/C37H53NO7/c1-26(20-35(39)38-17-8-9-18-38)11-6-5-7-14-34-28(3)16-15-27(2)19-30-12-10-13-31(43-30)24-32-21-29(23-36(40)42-4)22-33(44-32)25-37(41)45-34/h5-7,11,14-16,23,27-28,30-34H,8-10,12-13,17-22,24-25H2,1-4H3/b6-5-,14-7+,16-15+,26-11+,29-23-. The van der Waals surface area contributed by atoms with Gasteiger partial charge in [-0.15, -0.1) is 0 Å². The Morgan fingerprint density at radius 1 is 0.911 bits per heavy atom. The molecule has 7 unspecified atom stereocenters. The van der Waals surface area contributed by atoms with Crippen LogP contribution in [0.15, 0.2) is 59.8 Å². The first-order chi connectivity index (χ1) is 21.7. The van der Waals surface area contributed by atoms with Crippen LogP contribution in [0.4, 0.5) is 0 Å². The van der Waals surface area contributed by atoms with Crippen LogP contribution < -0.4 is 0 Å². The van der Waals surface area contributed by atoms with Gasteiger partial charge in [0.1, 0.15) is 6.10 Å². The fourth-order valence-corrected chi connectivity index (χ4v) is 6.77. The Labute approximate surface area is 269 Å². The Morgan fingerprint density at radius 3 is 2.38 bits per heavy atom. The maximum atomic E-state index is 13.3. The Bertz CT molecular complexity index is 1160. The first kappa shape index (κ1) is 34.9. The summed E-state index contributed by atoms with van der Waals surface area (Å²) in [4.78, 5) is 39.7. The predicted molar refractivity (Wildman–Crippen MR) is 174 cm³/mol. The van der Waals surface area contributed by atoms with E-state index in [4.69, 9.17) is 18.9 Å². The molecule has 1 amide bonds. The van der Waals surface area contributed by atoms with Crippen molar-refractivity contribution in [3.8, 4) is 0 Å². The minimum atomic E-state index is -0.458. The van der Waals surface area contributed by atoms with Gasteiger partial charge in [0.05, 0.1) is 37.9 Å². The number of fused-ring (bicyclic) bond motifs is 4. The summed E-state index contributed by atoms with van der Waals surface area (Å²) in [5, 5.41) is 0. The number of hydrogen-bond donors (Lipinski definition) is 0. The largest absolute Gasteiger partial charge is 0.466 e. The fraction of sp³-hybridized carbons (Fsp3) is 0.649. The number of esters is 2. The molecule has 4 aliphatic rings. The topological polar surface area (TPSA) is 91.4 Å². The predicted octanol–water partition coefficient (Wildman–Crippen LogP) is 6.57. The molecular weight excluding hydrogens is 570 g/mol. The van der Waals surface area contributed by atoms with E-state index in [1.54, 1.807) is 6.08 Å². The van der Waals surface area contributed by atoms with Gasteiger partial charge in [-0.3, -0.25) is 9.59 Å². The van der Waals surface area contributed by atoms with E-state index in [2.05, 4.69) is 26.0 Å². The molecule has 0 aliphatic carbocycles. The minimum absolute atomic E-state index is 0.0425. The van der Waals surface area contributed by atoms with Gasteiger partial charge < -0.3 is 23.8 Å². The van der Waals surface area contributed by atoms with Crippen LogP contribution in [0.5, 0.6) is 0 Å². The zero-order valence-corrected chi connectivity index (χ0v) is 27.7. The molecule has 0 N–H and O–H groups in total. The van der Waals surface area contributed by atoms with Crippen LogP contribution in [-0.2, 0) is 33.3 Å². The number of allylic oxidation sites excluding steroid dienone is 5. The second-order valence-corrected chi connectivity index (χ2v) is 13.3. The van der Waals surface area contributed by atoms with E-state index in [1.807, 2.05) is 42.2 Å². The number of methoxy groups -OCH3 is 1. The van der Waals surface area contributed by atoms with Gasteiger partial charge in [-0.05, 0) is 70.3 Å². The summed E-state index contributed by atoms with van der Waals surface area (Å²) in [6, 6.07) is 0. The molecule has 4 aliphatic heterocycles. The van der Waals surface area contributed by atoms with Crippen molar-refractivity contribution in [3.63, 3.8) is 0 Å². The molecule has 3 fully saturated rings. The van der Waals surface area contributed by atoms with Gasteiger partial charge in [-0.1, -0.05) is 61.4 Å². The molecule has 3 saturated heterocycles. The SMILES string of the molecule is COC(=O)/C=C1\CC2CC(=O)OC(/C=C/C=C\C=C(/C)CC(=O)N3CCCC3)C(C)/C=C/C(C)CC3CCCC(CC(C1)O2)O3. The lowest BCUT2D eigenvalue weighted by atomic mass is 9.89. The van der Waals surface area contributed by atoms with Crippen molar-refractivity contribution < 1.29 is 33.3 Å². The third-order valence-electron chi connectivity index (χ3n) is 9.20. The van der Waals surface area contributed by atoms with Crippen LogP contribution >= 0.6 is 0 Å². The van der Waals surface area contributed by atoms with Crippen LogP contribution in [0.1, 0.15) is 91.4 Å². The van der Waals surface area contributed by atoms with Gasteiger partial charge >= 0.3 is 11.9 Å². The van der Waals surface area contributed by atoms with E-state index in [9.17, 15) is 14.4 Å². The normalized spacial score (nSPS) is 33.8. The summed E-state index contributed by atoms with van der Waals surface area (Å²) in [5.41, 5.74) is 1.94. The van der Waals surface area contributed by atoms with Crippen LogP contribution in [0.3, 0.4) is 0 Å². The maximum absolute atomic E-state index is 13.3. The molecule has 0 aromatic rings. The third-order valence-corrected chi connectivity index (χ3v) is 9.20. The Kier molecular flexibility index (Phi) is 13.7. The number of nitrogens with zero attached hydrogens (tertiary/aromatic N) is 1. The number of hydrogen-bond acceptors (Lipinski definition) is 7. The van der Waals surface area contributed by atoms with Crippen molar-refractivity contribution in [3.05, 3.63) is 59.8 Å². The maximum Gasteiger partial charge on any atom is 0.330 e. The molecule has 7 atom stereocenters. The average molecular weight is 624 g/mol. The molecule has 0 radical (unpaired) electrons. The minimum Gasteiger partial charge on any atom is -0.466 e. The second-order valence-electron chi connectivity index (χ2n) is 13.3. The number of rotatable bonds is 6. The molecule has 0 saturated carbocycles. The van der Waals surface area contributed by atoms with E-state index < -0.39 is 6.10 Å². The highest BCUT2D eigenvalue weighted by Crippen LogP contribution is 2.33. The molecular formula is C37H53NO7. The highest BCUT2D eigenvalue weighted by atomic mass is 16.6. The fourth-order valence-electron chi connectivity index (χ4n) is 6.77. The van der Waals surface area contributed by atoms with E-state index in [-0.39, 0.29) is 54.6 Å². The van der Waals surface area contributed by atoms with E-state index in [1.165, 1.54) is 7.11 Å². The number of cyclic esters (lactones) is 1. The van der Waals surface area contributed by atoms with Crippen molar-refractivity contribution in [1.82, 2.24) is 4.90 Å². The molecule has 8 nitrogen and oxygen atoms in total. The van der Waals surface area contributed by atoms with Gasteiger partial charge in [0.2, 0.25) is 5.91 Å². The smallest absolute Gasteiger partial charge is 0.330 e. The first-order valence-corrected chi connectivity index (χ1v) is 16.9. The Balaban J connectivity index is 1.46. The summed E-state index contributed by atoms with van der Waals surface area (Å²) in [6.07, 6.45) is 23.5. The van der Waals surface area contributed by atoms with Crippen molar-refractivity contribution in [2.45, 2.75) is 122 Å². The van der Waals surface area contributed by atoms with Crippen molar-refractivity contribution in [2.75, 3.05) is 20.2 Å². The highest BCUT2D eigenvalue weighted by Gasteiger charge is 2.33. The summed E-state index contributed by atoms with van der Waals surface area (Å²) < 4.78 is 23.9. The first-order valence-electron chi connectivity index (χ1n) is 16.9. The lowest BCUT2D eigenvalue weighted by Gasteiger charge is -2.37. The van der Waals surface area contributed by atoms with E-state index in [0.717, 1.165) is 69.2 Å². The highest BCUT2D eigenvalue weighted by molar-refractivity contribution is 5.82. The van der Waals surface area contributed by atoms with Crippen LogP contribution in [-0.4, -0.2) is 73.5 Å². The quantitative estimate of drug-likeness (QED) is 0.143. The molecule has 4 rings (SSSR count). The van der Waals surface area contributed by atoms with Gasteiger partial charge in [0.25, 0.3) is 0 Å². The molecule has 45 heavy (non-hydrogen) atoms. The molecule has 4 bridgehead atoms. The zero-order valence-electron chi connectivity index (χ0n) is 27.7. The Hall–Kier alpha value is -2.97. The van der Waals surface area contributed by atoms with E-state index >= 15 is 0 Å². The monoisotopic (exact) mass is 623 g/mol. The number of carbonyl (C=O) groups excluding carboxylic acids is 3. The third kappa shape index (κ3) is 11.7. The molecule has 248 valence electrons. The second kappa shape index (κ2) is 17.7. The lowest BCUT2D eigenvalue weighted by Crippen LogP contribution is -2.37. The molecule has 8 heteroatoms. The summed E-state index contributed by atoms with van der Waals surface area (Å²) in [7, 11) is 1.37.